The minimum Gasteiger partial charge on any atom is -0.218 e. The van der Waals surface area contributed by atoms with Crippen molar-refractivity contribution in [1.82, 2.24) is 15.0 Å². The lowest BCUT2D eigenvalue weighted by atomic mass is 10.3. The predicted molar refractivity (Wildman–Crippen MR) is 72.1 cm³/mol. The van der Waals surface area contributed by atoms with Crippen LogP contribution in [-0.2, 0) is 16.6 Å². The largest absolute Gasteiger partial charge is 0.250 e. The summed E-state index contributed by atoms with van der Waals surface area (Å²) in [5.74, 6) is 2.03. The first-order chi connectivity index (χ1) is 7.97. The van der Waals surface area contributed by atoms with E-state index in [0.717, 1.165) is 19.3 Å². The van der Waals surface area contributed by atoms with Crippen molar-refractivity contribution < 1.29 is 0 Å². The molecule has 0 saturated carbocycles. The minimum atomic E-state index is -1.61. The molecule has 0 amide bonds. The van der Waals surface area contributed by atoms with Gasteiger partial charge in [0.15, 0.2) is 5.82 Å². The zero-order valence-corrected chi connectivity index (χ0v) is 12.4. The first-order valence-electron chi connectivity index (χ1n) is 5.34. The molecule has 3 nitrogen and oxygen atoms in total. The average molecular weight is 317 g/mol. The van der Waals surface area contributed by atoms with Crippen molar-refractivity contribution >= 4 is 46.4 Å². The molecule has 0 atom stereocenters. The van der Waals surface area contributed by atoms with E-state index in [9.17, 15) is 0 Å². The van der Waals surface area contributed by atoms with Crippen LogP contribution in [0.4, 0.5) is 0 Å². The monoisotopic (exact) mass is 315 g/mol. The summed E-state index contributed by atoms with van der Waals surface area (Å²) in [7, 11) is 0. The summed E-state index contributed by atoms with van der Waals surface area (Å²) in [6, 6.07) is 0. The Hall–Kier alpha value is 0.170. The van der Waals surface area contributed by atoms with Crippen molar-refractivity contribution in [3.05, 3.63) is 17.5 Å². The van der Waals surface area contributed by atoms with E-state index in [2.05, 4.69) is 15.0 Å². The lowest BCUT2D eigenvalue weighted by molar-refractivity contribution is 0.726. The predicted octanol–water partition coefficient (Wildman–Crippen LogP) is 3.82. The summed E-state index contributed by atoms with van der Waals surface area (Å²) in [4.78, 5) is 12.6. The maximum atomic E-state index is 5.79. The number of aryl methyl sites for hydroxylation is 2. The molecular formula is C10H13Cl4N3. The van der Waals surface area contributed by atoms with Crippen molar-refractivity contribution in [2.45, 2.75) is 36.4 Å². The Morgan fingerprint density at radius 3 is 2.06 bits per heavy atom. The Labute approximate surface area is 121 Å². The van der Waals surface area contributed by atoms with Gasteiger partial charge in [-0.05, 0) is 12.8 Å². The van der Waals surface area contributed by atoms with Gasteiger partial charge in [0.05, 0.1) is 0 Å². The summed E-state index contributed by atoms with van der Waals surface area (Å²) in [6.07, 6.45) is 3.12. The maximum Gasteiger partial charge on any atom is 0.250 e. The van der Waals surface area contributed by atoms with E-state index in [0.29, 0.717) is 23.9 Å². The lowest BCUT2D eigenvalue weighted by Gasteiger charge is -2.11. The van der Waals surface area contributed by atoms with Gasteiger partial charge in [-0.1, -0.05) is 41.7 Å². The summed E-state index contributed by atoms with van der Waals surface area (Å²) in [5.41, 5.74) is 0. The molecule has 0 radical (unpaired) electrons. The molecule has 0 spiro atoms. The van der Waals surface area contributed by atoms with Crippen LogP contribution in [0.1, 0.15) is 37.2 Å². The van der Waals surface area contributed by atoms with Crippen LogP contribution in [-0.4, -0.2) is 20.8 Å². The van der Waals surface area contributed by atoms with Crippen LogP contribution in [0.5, 0.6) is 0 Å². The van der Waals surface area contributed by atoms with Crippen molar-refractivity contribution in [3.63, 3.8) is 0 Å². The molecule has 0 bridgehead atoms. The number of rotatable bonds is 5. The van der Waals surface area contributed by atoms with E-state index in [1.807, 2.05) is 6.92 Å². The van der Waals surface area contributed by atoms with E-state index in [4.69, 9.17) is 46.4 Å². The van der Waals surface area contributed by atoms with Crippen LogP contribution < -0.4 is 0 Å². The zero-order chi connectivity index (χ0) is 12.9. The van der Waals surface area contributed by atoms with Crippen LogP contribution in [0.3, 0.4) is 0 Å². The van der Waals surface area contributed by atoms with E-state index in [-0.39, 0.29) is 5.82 Å². The smallest absolute Gasteiger partial charge is 0.218 e. The van der Waals surface area contributed by atoms with Gasteiger partial charge in [0.1, 0.15) is 11.6 Å². The molecule has 0 fully saturated rings. The van der Waals surface area contributed by atoms with Gasteiger partial charge >= 0.3 is 0 Å². The van der Waals surface area contributed by atoms with Gasteiger partial charge in [-0.25, -0.2) is 15.0 Å². The molecule has 7 heteroatoms. The normalized spacial score (nSPS) is 11.8. The van der Waals surface area contributed by atoms with Gasteiger partial charge in [-0.3, -0.25) is 0 Å². The number of hydrogen-bond acceptors (Lipinski definition) is 3. The summed E-state index contributed by atoms with van der Waals surface area (Å²) >= 11 is 23.0. The molecule has 0 aliphatic carbocycles. The first kappa shape index (κ1) is 15.2. The second kappa shape index (κ2) is 6.93. The quantitative estimate of drug-likeness (QED) is 0.775. The second-order valence-electron chi connectivity index (χ2n) is 3.53. The summed E-state index contributed by atoms with van der Waals surface area (Å²) in [6.45, 7) is 2.04. The Balaban J connectivity index is 3.01. The highest BCUT2D eigenvalue weighted by molar-refractivity contribution is 6.66. The van der Waals surface area contributed by atoms with Gasteiger partial charge < -0.3 is 0 Å². The van der Waals surface area contributed by atoms with Crippen LogP contribution >= 0.6 is 46.4 Å². The molecule has 1 aromatic heterocycles. The Kier molecular flexibility index (Phi) is 6.21. The molecule has 0 aliphatic rings. The molecular weight excluding hydrogens is 304 g/mol. The molecule has 96 valence electrons. The van der Waals surface area contributed by atoms with Crippen molar-refractivity contribution in [2.24, 2.45) is 0 Å². The molecule has 0 saturated heterocycles. The molecule has 1 rings (SSSR count). The Morgan fingerprint density at radius 2 is 1.59 bits per heavy atom. The van der Waals surface area contributed by atoms with Crippen molar-refractivity contribution in [1.29, 1.82) is 0 Å². The second-order valence-corrected chi connectivity index (χ2v) is 6.19. The van der Waals surface area contributed by atoms with Gasteiger partial charge in [0, 0.05) is 18.7 Å². The van der Waals surface area contributed by atoms with Crippen LogP contribution in [0, 0.1) is 0 Å². The molecule has 0 aromatic carbocycles. The van der Waals surface area contributed by atoms with Gasteiger partial charge in [0.25, 0.3) is 0 Å². The summed E-state index contributed by atoms with van der Waals surface area (Å²) in [5, 5.41) is 0. The summed E-state index contributed by atoms with van der Waals surface area (Å²) < 4.78 is -1.61. The van der Waals surface area contributed by atoms with Crippen LogP contribution in [0.2, 0.25) is 0 Å². The molecule has 1 heterocycles. The number of hydrogen-bond donors (Lipinski definition) is 0. The van der Waals surface area contributed by atoms with Crippen LogP contribution in [0.15, 0.2) is 0 Å². The Morgan fingerprint density at radius 1 is 1.00 bits per heavy atom. The third kappa shape index (κ3) is 5.12. The molecule has 0 aliphatic heterocycles. The fourth-order valence-corrected chi connectivity index (χ4v) is 1.65. The number of nitrogens with zero attached hydrogens (tertiary/aromatic N) is 3. The highest BCUT2D eigenvalue weighted by atomic mass is 35.6. The fourth-order valence-electron chi connectivity index (χ4n) is 1.27. The minimum absolute atomic E-state index is 0.186. The average Bonchev–Trinajstić information content (AvgIpc) is 2.25. The lowest BCUT2D eigenvalue weighted by Crippen LogP contribution is -2.14. The third-order valence-corrected chi connectivity index (χ3v) is 2.76. The highest BCUT2D eigenvalue weighted by Crippen LogP contribution is 2.35. The molecule has 0 N–H and O–H groups in total. The number of alkyl halides is 4. The maximum absolute atomic E-state index is 5.79. The van der Waals surface area contributed by atoms with Crippen molar-refractivity contribution in [2.75, 3.05) is 5.88 Å². The van der Waals surface area contributed by atoms with Gasteiger partial charge in [0.2, 0.25) is 3.79 Å². The van der Waals surface area contributed by atoms with E-state index in [1.54, 1.807) is 0 Å². The van der Waals surface area contributed by atoms with Gasteiger partial charge in [-0.2, -0.15) is 0 Å². The van der Waals surface area contributed by atoms with Crippen molar-refractivity contribution in [3.8, 4) is 0 Å². The first-order valence-corrected chi connectivity index (χ1v) is 7.01. The fraction of sp³-hybridized carbons (Fsp3) is 0.700. The van der Waals surface area contributed by atoms with Crippen LogP contribution in [0.25, 0.3) is 0 Å². The third-order valence-electron chi connectivity index (χ3n) is 1.99. The van der Waals surface area contributed by atoms with E-state index >= 15 is 0 Å². The topological polar surface area (TPSA) is 38.7 Å². The molecule has 17 heavy (non-hydrogen) atoms. The Bertz CT molecular complexity index is 365. The SMILES string of the molecule is CCCc1nc(CCCCl)nc(C(Cl)(Cl)Cl)n1. The van der Waals surface area contributed by atoms with E-state index in [1.165, 1.54) is 0 Å². The molecule has 0 unspecified atom stereocenters. The number of halogens is 4. The molecule has 1 aromatic rings. The highest BCUT2D eigenvalue weighted by Gasteiger charge is 2.27. The van der Waals surface area contributed by atoms with E-state index < -0.39 is 3.79 Å². The standard InChI is InChI=1S/C10H13Cl4N3/c1-2-4-7-15-8(5-3-6-11)17-9(16-7)10(12,13)14/h2-6H2,1H3. The number of aromatic nitrogens is 3. The zero-order valence-electron chi connectivity index (χ0n) is 9.39. The van der Waals surface area contributed by atoms with Gasteiger partial charge in [-0.15, -0.1) is 11.6 Å².